The highest BCUT2D eigenvalue weighted by Gasteiger charge is 2.51. The van der Waals surface area contributed by atoms with Crippen molar-refractivity contribution in [3.63, 3.8) is 0 Å². The van der Waals surface area contributed by atoms with Gasteiger partial charge in [-0.1, -0.05) is 66.7 Å². The van der Waals surface area contributed by atoms with Crippen LogP contribution in [-0.4, -0.2) is 24.3 Å². The molecule has 194 valence electrons. The highest BCUT2D eigenvalue weighted by atomic mass is 32.1. The topological polar surface area (TPSA) is 84.9 Å². The lowest BCUT2D eigenvalue weighted by atomic mass is 9.93. The number of amides is 1. The molecule has 0 spiro atoms. The maximum Gasteiger partial charge on any atom is 0.412 e. The van der Waals surface area contributed by atoms with Crippen LogP contribution in [0.4, 0.5) is 14.9 Å². The second-order valence-electron chi connectivity index (χ2n) is 9.26. The summed E-state index contributed by atoms with van der Waals surface area (Å²) >= 11 is 0.912. The normalized spacial score (nSPS) is 14.4. The molecule has 2 N–H and O–H groups in total. The molecule has 1 fully saturated rings. The number of anilines is 1. The molecule has 0 bridgehead atoms. The summed E-state index contributed by atoms with van der Waals surface area (Å²) in [5.74, 6) is -0.229. The summed E-state index contributed by atoms with van der Waals surface area (Å²) in [4.78, 5) is 24.8. The van der Waals surface area contributed by atoms with Crippen molar-refractivity contribution in [1.82, 2.24) is 0 Å². The van der Waals surface area contributed by atoms with Crippen molar-refractivity contribution in [3.05, 3.63) is 95.1 Å². The Morgan fingerprint density at radius 1 is 1.00 bits per heavy atom. The van der Waals surface area contributed by atoms with Gasteiger partial charge in [-0.2, -0.15) is 4.39 Å². The molecule has 1 aliphatic rings. The van der Waals surface area contributed by atoms with E-state index in [1.54, 1.807) is 20.1 Å². The maximum atomic E-state index is 14.3. The molecule has 38 heavy (non-hydrogen) atoms. The van der Waals surface area contributed by atoms with Crippen molar-refractivity contribution >= 4 is 29.1 Å². The molecule has 0 unspecified atom stereocenters. The molecular formula is C30H26FNO5S. The van der Waals surface area contributed by atoms with Gasteiger partial charge < -0.3 is 14.6 Å². The van der Waals surface area contributed by atoms with Crippen LogP contribution in [0.1, 0.15) is 37.0 Å². The van der Waals surface area contributed by atoms with Gasteiger partial charge >= 0.3 is 12.1 Å². The molecule has 6 nitrogen and oxygen atoms in total. The molecule has 5 rings (SSSR count). The number of carbonyl (C=O) groups is 2. The lowest BCUT2D eigenvalue weighted by molar-refractivity contribution is -0.140. The first-order valence-electron chi connectivity index (χ1n) is 12.2. The molecule has 1 atom stereocenters. The van der Waals surface area contributed by atoms with E-state index in [1.807, 2.05) is 66.7 Å². The van der Waals surface area contributed by atoms with Gasteiger partial charge in [-0.25, -0.2) is 4.79 Å². The molecule has 0 radical (unpaired) electrons. The predicted octanol–water partition coefficient (Wildman–Crippen LogP) is 7.66. The third-order valence-electron chi connectivity index (χ3n) is 6.86. The van der Waals surface area contributed by atoms with Crippen LogP contribution in [0.15, 0.2) is 78.9 Å². The first kappa shape index (κ1) is 25.5. The van der Waals surface area contributed by atoms with E-state index in [9.17, 15) is 19.1 Å². The Labute approximate surface area is 223 Å². The number of nitrogens with one attached hydrogen (secondary N) is 1. The van der Waals surface area contributed by atoms with Crippen LogP contribution in [0.5, 0.6) is 5.75 Å². The minimum atomic E-state index is -0.793. The van der Waals surface area contributed by atoms with Crippen LogP contribution in [0.3, 0.4) is 0 Å². The molecule has 1 amide bonds. The third kappa shape index (κ3) is 4.99. The molecule has 1 aliphatic carbocycles. The highest BCUT2D eigenvalue weighted by Crippen LogP contribution is 2.49. The molecule has 3 aromatic carbocycles. The van der Waals surface area contributed by atoms with Gasteiger partial charge in [0.05, 0.1) is 23.1 Å². The monoisotopic (exact) mass is 531 g/mol. The predicted molar refractivity (Wildman–Crippen MR) is 145 cm³/mol. The van der Waals surface area contributed by atoms with E-state index in [0.29, 0.717) is 34.7 Å². The van der Waals surface area contributed by atoms with Crippen molar-refractivity contribution in [2.24, 2.45) is 0 Å². The van der Waals surface area contributed by atoms with E-state index in [-0.39, 0.29) is 0 Å². The largest absolute Gasteiger partial charge is 0.496 e. The van der Waals surface area contributed by atoms with Gasteiger partial charge in [0.2, 0.25) is 0 Å². The van der Waals surface area contributed by atoms with Crippen molar-refractivity contribution in [3.8, 4) is 27.3 Å². The van der Waals surface area contributed by atoms with Gasteiger partial charge in [0, 0.05) is 11.6 Å². The number of ether oxygens (including phenoxy) is 2. The number of carboxylic acids is 1. The van der Waals surface area contributed by atoms with Crippen LogP contribution in [-0.2, 0) is 14.9 Å². The Morgan fingerprint density at radius 2 is 1.68 bits per heavy atom. The van der Waals surface area contributed by atoms with E-state index >= 15 is 0 Å². The molecule has 1 saturated carbocycles. The van der Waals surface area contributed by atoms with Gasteiger partial charge in [-0.15, -0.1) is 11.3 Å². The Morgan fingerprint density at radius 3 is 2.32 bits per heavy atom. The molecule has 0 saturated heterocycles. The van der Waals surface area contributed by atoms with E-state index in [0.717, 1.165) is 33.6 Å². The summed E-state index contributed by atoms with van der Waals surface area (Å²) in [5, 5.41) is 11.8. The van der Waals surface area contributed by atoms with Gasteiger partial charge in [-0.05, 0) is 48.1 Å². The maximum absolute atomic E-state index is 14.3. The van der Waals surface area contributed by atoms with Crippen LogP contribution in [0.2, 0.25) is 0 Å². The number of hydrogen-bond acceptors (Lipinski definition) is 5. The average Bonchev–Trinajstić information content (AvgIpc) is 3.67. The smallest absolute Gasteiger partial charge is 0.412 e. The van der Waals surface area contributed by atoms with Crippen molar-refractivity contribution in [2.75, 3.05) is 12.4 Å². The quantitative estimate of drug-likeness (QED) is 0.244. The van der Waals surface area contributed by atoms with Crippen LogP contribution in [0.25, 0.3) is 21.6 Å². The zero-order chi connectivity index (χ0) is 26.9. The number of carbonyl (C=O) groups excluding carboxylic acids is 1. The standard InChI is InChI=1S/C30H26FNO5S/c1-18(19-6-4-3-5-7-19)37-29(35)32-24-17-26(31)38-27(24)21-10-13-23(25(16-21)36-2)20-8-11-22(12-9-20)30(14-15-30)28(33)34/h3-13,16-18H,14-15H2,1-2H3,(H,32,35)(H,33,34)/t18-/m1/s1. The SMILES string of the molecule is COc1cc(-c2sc(F)cc2NC(=O)O[C@H](C)c2ccccc2)ccc1-c1ccc(C2(C(=O)O)CC2)cc1. The summed E-state index contributed by atoms with van der Waals surface area (Å²) in [6, 6.07) is 23.6. The fraction of sp³-hybridized carbons (Fsp3) is 0.200. The van der Waals surface area contributed by atoms with E-state index in [2.05, 4.69) is 5.32 Å². The Bertz CT molecular complexity index is 1480. The third-order valence-corrected chi connectivity index (χ3v) is 7.84. The number of carboxylic acid groups (broad SMARTS) is 1. The number of thiophene rings is 1. The second kappa shape index (κ2) is 10.3. The van der Waals surface area contributed by atoms with Crippen molar-refractivity contribution in [2.45, 2.75) is 31.3 Å². The Kier molecular flexibility index (Phi) is 6.91. The number of aliphatic carboxylic acids is 1. The van der Waals surface area contributed by atoms with Crippen LogP contribution < -0.4 is 10.1 Å². The minimum absolute atomic E-state index is 0.306. The number of rotatable bonds is 8. The number of halogens is 1. The molecule has 1 aromatic heterocycles. The Balaban J connectivity index is 1.37. The highest BCUT2D eigenvalue weighted by molar-refractivity contribution is 7.14. The van der Waals surface area contributed by atoms with Gasteiger partial charge in [0.15, 0.2) is 5.13 Å². The van der Waals surface area contributed by atoms with Crippen molar-refractivity contribution < 1.29 is 28.6 Å². The fourth-order valence-electron chi connectivity index (χ4n) is 4.55. The van der Waals surface area contributed by atoms with E-state index < -0.39 is 28.7 Å². The number of hydrogen-bond donors (Lipinski definition) is 2. The Hall–Kier alpha value is -4.17. The first-order chi connectivity index (χ1) is 18.3. The van der Waals surface area contributed by atoms with Gasteiger partial charge in [0.25, 0.3) is 0 Å². The summed E-state index contributed by atoms with van der Waals surface area (Å²) < 4.78 is 25.5. The molecule has 8 heteroatoms. The fourth-order valence-corrected chi connectivity index (χ4v) is 5.39. The summed E-state index contributed by atoms with van der Waals surface area (Å²) in [6.07, 6.45) is 0.135. The summed E-state index contributed by atoms with van der Waals surface area (Å²) in [7, 11) is 1.55. The lowest BCUT2D eigenvalue weighted by Crippen LogP contribution is -2.19. The van der Waals surface area contributed by atoms with E-state index in [4.69, 9.17) is 9.47 Å². The molecule has 0 aliphatic heterocycles. The van der Waals surface area contributed by atoms with E-state index in [1.165, 1.54) is 6.07 Å². The number of methoxy groups -OCH3 is 1. The van der Waals surface area contributed by atoms with Crippen molar-refractivity contribution in [1.29, 1.82) is 0 Å². The van der Waals surface area contributed by atoms with Crippen LogP contribution >= 0.6 is 11.3 Å². The van der Waals surface area contributed by atoms with Gasteiger partial charge in [0.1, 0.15) is 11.9 Å². The van der Waals surface area contributed by atoms with Crippen LogP contribution in [0, 0.1) is 5.13 Å². The number of benzene rings is 3. The van der Waals surface area contributed by atoms with Gasteiger partial charge in [-0.3, -0.25) is 10.1 Å². The summed E-state index contributed by atoms with van der Waals surface area (Å²) in [5.41, 5.74) is 3.54. The first-order valence-corrected chi connectivity index (χ1v) is 13.0. The summed E-state index contributed by atoms with van der Waals surface area (Å²) in [6.45, 7) is 1.77. The minimum Gasteiger partial charge on any atom is -0.496 e. The molecule has 1 heterocycles. The zero-order valence-electron chi connectivity index (χ0n) is 20.9. The molecule has 4 aromatic rings. The molecular weight excluding hydrogens is 505 g/mol. The zero-order valence-corrected chi connectivity index (χ0v) is 21.7. The lowest BCUT2D eigenvalue weighted by Gasteiger charge is -2.15. The average molecular weight is 532 g/mol. The second-order valence-corrected chi connectivity index (χ2v) is 10.3.